The zero-order valence-electron chi connectivity index (χ0n) is 10.5. The van der Waals surface area contributed by atoms with Crippen LogP contribution >= 0.6 is 31.9 Å². The summed E-state index contributed by atoms with van der Waals surface area (Å²) in [5, 5.41) is 9.59. The third kappa shape index (κ3) is 4.51. The average Bonchev–Trinajstić information content (AvgIpc) is 2.28. The molecule has 5 nitrogen and oxygen atoms in total. The summed E-state index contributed by atoms with van der Waals surface area (Å²) in [5.41, 5.74) is 0. The van der Waals surface area contributed by atoms with Crippen LogP contribution in [-0.2, 0) is 14.8 Å². The van der Waals surface area contributed by atoms with Crippen LogP contribution in [0, 0.1) is 0 Å². The lowest BCUT2D eigenvalue weighted by Gasteiger charge is -2.20. The average molecular weight is 417 g/mol. The number of methoxy groups -OCH3 is 1. The fraction of sp³-hybridized carbons (Fsp3) is 0.455. The first-order valence-electron chi connectivity index (χ1n) is 5.37. The number of hydrogen-bond donors (Lipinski definition) is 1. The van der Waals surface area contributed by atoms with Crippen LogP contribution in [0.25, 0.3) is 0 Å². The highest BCUT2D eigenvalue weighted by atomic mass is 79.9. The molecular formula is C11H15Br2NO4S. The summed E-state index contributed by atoms with van der Waals surface area (Å²) in [4.78, 5) is 0.155. The highest BCUT2D eigenvalue weighted by Crippen LogP contribution is 2.27. The Hall–Kier alpha value is 0.01000. The van der Waals surface area contributed by atoms with Crippen LogP contribution in [0.2, 0.25) is 0 Å². The normalized spacial score (nSPS) is 13.8. The van der Waals surface area contributed by atoms with E-state index in [1.165, 1.54) is 20.2 Å². The molecule has 0 aliphatic carbocycles. The summed E-state index contributed by atoms with van der Waals surface area (Å²) >= 11 is 6.49. The second-order valence-corrected chi connectivity index (χ2v) is 7.75. The topological polar surface area (TPSA) is 66.8 Å². The smallest absolute Gasteiger partial charge is 0.244 e. The Morgan fingerprint density at radius 3 is 2.58 bits per heavy atom. The molecule has 0 aromatic heterocycles. The maximum absolute atomic E-state index is 12.3. The molecule has 1 atom stereocenters. The van der Waals surface area contributed by atoms with Crippen molar-refractivity contribution in [1.29, 1.82) is 0 Å². The third-order valence-electron chi connectivity index (χ3n) is 2.41. The number of aliphatic hydroxyl groups excluding tert-OH is 1. The van der Waals surface area contributed by atoms with Crippen molar-refractivity contribution in [1.82, 2.24) is 4.31 Å². The Morgan fingerprint density at radius 2 is 2.05 bits per heavy atom. The van der Waals surface area contributed by atoms with Crippen LogP contribution in [0.15, 0.2) is 32.0 Å². The molecule has 1 aromatic carbocycles. The van der Waals surface area contributed by atoms with Crippen LogP contribution in [0.5, 0.6) is 0 Å². The molecule has 1 unspecified atom stereocenters. The molecular weight excluding hydrogens is 402 g/mol. The standard InChI is InChI=1S/C11H15Br2NO4S/c1-14(6-9(15)7-18-2)19(16,17)11-4-3-8(12)5-10(11)13/h3-5,9,15H,6-7H2,1-2H3. The van der Waals surface area contributed by atoms with Gasteiger partial charge in [-0.15, -0.1) is 0 Å². The molecule has 0 spiro atoms. The molecule has 8 heteroatoms. The highest BCUT2D eigenvalue weighted by molar-refractivity contribution is 9.11. The lowest BCUT2D eigenvalue weighted by molar-refractivity contribution is 0.0554. The molecule has 0 saturated heterocycles. The summed E-state index contributed by atoms with van der Waals surface area (Å²) in [5.74, 6) is 0. The molecule has 0 bridgehead atoms. The van der Waals surface area contributed by atoms with E-state index in [-0.39, 0.29) is 18.0 Å². The number of sulfonamides is 1. The van der Waals surface area contributed by atoms with E-state index in [1.54, 1.807) is 12.1 Å². The summed E-state index contributed by atoms with van der Waals surface area (Å²) < 4.78 is 31.8. The fourth-order valence-electron chi connectivity index (χ4n) is 1.49. The number of nitrogens with zero attached hydrogens (tertiary/aromatic N) is 1. The van der Waals surface area contributed by atoms with E-state index in [9.17, 15) is 13.5 Å². The highest BCUT2D eigenvalue weighted by Gasteiger charge is 2.25. The predicted molar refractivity (Wildman–Crippen MR) is 79.5 cm³/mol. The van der Waals surface area contributed by atoms with Crippen molar-refractivity contribution >= 4 is 41.9 Å². The third-order valence-corrected chi connectivity index (χ3v) is 5.70. The summed E-state index contributed by atoms with van der Waals surface area (Å²) in [6, 6.07) is 4.81. The molecule has 0 aliphatic rings. The molecule has 1 N–H and O–H groups in total. The van der Waals surface area contributed by atoms with Gasteiger partial charge in [0.05, 0.1) is 17.6 Å². The van der Waals surface area contributed by atoms with Gasteiger partial charge in [-0.1, -0.05) is 15.9 Å². The maximum Gasteiger partial charge on any atom is 0.244 e. The van der Waals surface area contributed by atoms with E-state index < -0.39 is 16.1 Å². The van der Waals surface area contributed by atoms with E-state index >= 15 is 0 Å². The van der Waals surface area contributed by atoms with Crippen molar-refractivity contribution in [3.05, 3.63) is 27.1 Å². The SMILES string of the molecule is COCC(O)CN(C)S(=O)(=O)c1ccc(Br)cc1Br. The quantitative estimate of drug-likeness (QED) is 0.768. The van der Waals surface area contributed by atoms with E-state index in [4.69, 9.17) is 4.74 Å². The lowest BCUT2D eigenvalue weighted by atomic mass is 10.4. The van der Waals surface area contributed by atoms with Gasteiger partial charge < -0.3 is 9.84 Å². The Kier molecular flexibility index (Phi) is 6.41. The molecule has 0 radical (unpaired) electrons. The molecule has 1 rings (SSSR count). The van der Waals surface area contributed by atoms with Gasteiger partial charge in [0.1, 0.15) is 0 Å². The molecule has 0 amide bonds. The van der Waals surface area contributed by atoms with Crippen LogP contribution < -0.4 is 0 Å². The van der Waals surface area contributed by atoms with Crippen molar-refractivity contribution < 1.29 is 18.3 Å². The van der Waals surface area contributed by atoms with Gasteiger partial charge in [-0.2, -0.15) is 4.31 Å². The van der Waals surface area contributed by atoms with E-state index in [0.29, 0.717) is 4.47 Å². The zero-order chi connectivity index (χ0) is 14.6. The van der Waals surface area contributed by atoms with E-state index in [0.717, 1.165) is 8.78 Å². The van der Waals surface area contributed by atoms with Gasteiger partial charge in [-0.25, -0.2) is 8.42 Å². The van der Waals surface area contributed by atoms with Crippen LogP contribution in [0.4, 0.5) is 0 Å². The van der Waals surface area contributed by atoms with Gasteiger partial charge in [0.15, 0.2) is 0 Å². The number of halogens is 2. The zero-order valence-corrected chi connectivity index (χ0v) is 14.5. The van der Waals surface area contributed by atoms with Crippen molar-refractivity contribution in [3.63, 3.8) is 0 Å². The Labute approximate surface area is 129 Å². The first-order valence-corrected chi connectivity index (χ1v) is 8.40. The second kappa shape index (κ2) is 7.14. The molecule has 19 heavy (non-hydrogen) atoms. The largest absolute Gasteiger partial charge is 0.389 e. The number of ether oxygens (including phenoxy) is 1. The van der Waals surface area contributed by atoms with Gasteiger partial charge >= 0.3 is 0 Å². The predicted octanol–water partition coefficient (Wildman–Crippen LogP) is 1.84. The summed E-state index contributed by atoms with van der Waals surface area (Å²) in [6.07, 6.45) is -0.862. The van der Waals surface area contributed by atoms with Gasteiger partial charge in [0, 0.05) is 29.6 Å². The second-order valence-electron chi connectivity index (χ2n) is 3.97. The van der Waals surface area contributed by atoms with E-state index in [2.05, 4.69) is 31.9 Å². The first-order chi connectivity index (χ1) is 8.78. The number of hydrogen-bond acceptors (Lipinski definition) is 4. The molecule has 0 saturated carbocycles. The molecule has 0 heterocycles. The maximum atomic E-state index is 12.3. The van der Waals surface area contributed by atoms with Gasteiger partial charge in [0.2, 0.25) is 10.0 Å². The number of benzene rings is 1. The summed E-state index contributed by atoms with van der Waals surface area (Å²) in [6.45, 7) is 0.0556. The van der Waals surface area contributed by atoms with Crippen molar-refractivity contribution in [2.75, 3.05) is 27.3 Å². The first kappa shape index (κ1) is 17.1. The van der Waals surface area contributed by atoms with Gasteiger partial charge in [-0.05, 0) is 34.1 Å². The van der Waals surface area contributed by atoms with Gasteiger partial charge in [-0.3, -0.25) is 0 Å². The minimum absolute atomic E-state index is 0.0291. The Morgan fingerprint density at radius 1 is 1.42 bits per heavy atom. The van der Waals surface area contributed by atoms with Gasteiger partial charge in [0.25, 0.3) is 0 Å². The monoisotopic (exact) mass is 415 g/mol. The van der Waals surface area contributed by atoms with Crippen LogP contribution in [-0.4, -0.2) is 51.2 Å². The minimum Gasteiger partial charge on any atom is -0.389 e. The fourth-order valence-corrected chi connectivity index (χ4v) is 4.40. The Balaban J connectivity index is 2.97. The van der Waals surface area contributed by atoms with Crippen LogP contribution in [0.1, 0.15) is 0 Å². The molecule has 0 fully saturated rings. The van der Waals surface area contributed by atoms with Crippen molar-refractivity contribution in [3.8, 4) is 0 Å². The minimum atomic E-state index is -3.65. The number of aliphatic hydroxyl groups is 1. The molecule has 1 aromatic rings. The summed E-state index contributed by atoms with van der Waals surface area (Å²) in [7, 11) is -0.783. The molecule has 108 valence electrons. The van der Waals surface area contributed by atoms with E-state index in [1.807, 2.05) is 0 Å². The Bertz CT molecular complexity index is 535. The number of rotatable bonds is 6. The molecule has 0 aliphatic heterocycles. The number of likely N-dealkylation sites (N-methyl/N-ethyl adjacent to an activating group) is 1. The van der Waals surface area contributed by atoms with Crippen molar-refractivity contribution in [2.45, 2.75) is 11.0 Å². The van der Waals surface area contributed by atoms with Crippen LogP contribution in [0.3, 0.4) is 0 Å². The van der Waals surface area contributed by atoms with Crippen molar-refractivity contribution in [2.24, 2.45) is 0 Å². The lowest BCUT2D eigenvalue weighted by Crippen LogP contribution is -2.36.